The predicted molar refractivity (Wildman–Crippen MR) is 113 cm³/mol. The Kier molecular flexibility index (Phi) is 5.37. The van der Waals surface area contributed by atoms with E-state index < -0.39 is 11.7 Å². The second-order valence-electron chi connectivity index (χ2n) is 7.56. The first kappa shape index (κ1) is 20.5. The molecule has 0 saturated carbocycles. The van der Waals surface area contributed by atoms with Crippen LogP contribution in [-0.4, -0.2) is 43.0 Å². The van der Waals surface area contributed by atoms with Crippen molar-refractivity contribution in [2.75, 3.05) is 5.75 Å². The fraction of sp³-hybridized carbons (Fsp3) is 0.300. The first-order chi connectivity index (χ1) is 14.2. The average Bonchev–Trinajstić information content (AvgIpc) is 3.34. The smallest absolute Gasteiger partial charge is 0.421 e. The van der Waals surface area contributed by atoms with Crippen LogP contribution in [-0.2, 0) is 16.1 Å². The summed E-state index contributed by atoms with van der Waals surface area (Å²) >= 11 is 2.15. The Morgan fingerprint density at radius 3 is 2.70 bits per heavy atom. The van der Waals surface area contributed by atoms with E-state index in [1.165, 1.54) is 16.3 Å². The number of thioether (sulfide) groups is 1. The van der Waals surface area contributed by atoms with Gasteiger partial charge in [0.2, 0.25) is 5.91 Å². The van der Waals surface area contributed by atoms with Gasteiger partial charge in [0.15, 0.2) is 10.2 Å². The Balaban J connectivity index is 1.60. The maximum Gasteiger partial charge on any atom is 0.421 e. The Labute approximate surface area is 180 Å². The van der Waals surface area contributed by atoms with Gasteiger partial charge in [-0.15, -0.1) is 0 Å². The topological polar surface area (TPSA) is 94.6 Å². The molecule has 8 nitrogen and oxygen atoms in total. The highest BCUT2D eigenvalue weighted by Crippen LogP contribution is 2.33. The van der Waals surface area contributed by atoms with Crippen molar-refractivity contribution in [3.63, 3.8) is 0 Å². The summed E-state index contributed by atoms with van der Waals surface area (Å²) in [6.07, 6.45) is -0.532. The van der Waals surface area contributed by atoms with Gasteiger partial charge in [-0.1, -0.05) is 23.9 Å². The van der Waals surface area contributed by atoms with Crippen molar-refractivity contribution >= 4 is 51.8 Å². The zero-order valence-electron chi connectivity index (χ0n) is 16.6. The number of furan rings is 1. The molecule has 3 heterocycles. The zero-order valence-corrected chi connectivity index (χ0v) is 18.2. The molecule has 4 rings (SSSR count). The van der Waals surface area contributed by atoms with E-state index in [1.807, 2.05) is 18.2 Å². The molecule has 0 atom stereocenters. The average molecular weight is 446 g/mol. The second-order valence-corrected chi connectivity index (χ2v) is 9.45. The minimum Gasteiger partial charge on any atom is -0.453 e. The molecule has 1 saturated heterocycles. The van der Waals surface area contributed by atoms with Gasteiger partial charge in [-0.2, -0.15) is 0 Å². The second kappa shape index (κ2) is 7.84. The molecule has 0 aliphatic carbocycles. The molecule has 0 radical (unpaired) electrons. The van der Waals surface area contributed by atoms with Crippen molar-refractivity contribution < 1.29 is 23.5 Å². The molecule has 10 heteroatoms. The maximum absolute atomic E-state index is 12.8. The summed E-state index contributed by atoms with van der Waals surface area (Å²) in [5, 5.41) is 0.601. The minimum atomic E-state index is -0.658. The van der Waals surface area contributed by atoms with Crippen molar-refractivity contribution in [3.8, 4) is 0 Å². The summed E-state index contributed by atoms with van der Waals surface area (Å²) in [7, 11) is 0. The highest BCUT2D eigenvalue weighted by Gasteiger charge is 2.31. The molecular formula is C20H19N3O5S2. The van der Waals surface area contributed by atoms with Crippen LogP contribution in [0.4, 0.5) is 9.59 Å². The number of rotatable bonds is 4. The number of imidazole rings is 1. The van der Waals surface area contributed by atoms with Crippen molar-refractivity contribution in [1.82, 2.24) is 14.5 Å². The number of para-hydroxylation sites is 2. The molecule has 3 aromatic rings. The molecule has 1 aliphatic heterocycles. The number of hydrogen-bond acceptors (Lipinski definition) is 8. The summed E-state index contributed by atoms with van der Waals surface area (Å²) in [5.74, 6) is 0.394. The lowest BCUT2D eigenvalue weighted by Gasteiger charge is -2.20. The van der Waals surface area contributed by atoms with Gasteiger partial charge in [-0.05, 0) is 56.8 Å². The predicted octanol–water partition coefficient (Wildman–Crippen LogP) is 4.76. The van der Waals surface area contributed by atoms with Crippen LogP contribution >= 0.6 is 23.5 Å². The van der Waals surface area contributed by atoms with E-state index in [0.29, 0.717) is 27.0 Å². The number of ether oxygens (including phenoxy) is 1. The van der Waals surface area contributed by atoms with E-state index in [9.17, 15) is 14.4 Å². The first-order valence-electron chi connectivity index (χ1n) is 9.16. The molecule has 0 unspecified atom stereocenters. The number of hydrogen-bond donors (Lipinski definition) is 0. The fourth-order valence-electron chi connectivity index (χ4n) is 2.83. The third-order valence-corrected chi connectivity index (χ3v) is 5.83. The molecular weight excluding hydrogens is 426 g/mol. The number of imide groups is 1. The minimum absolute atomic E-state index is 0.0771. The normalized spacial score (nSPS) is 14.7. The van der Waals surface area contributed by atoms with Gasteiger partial charge < -0.3 is 9.15 Å². The van der Waals surface area contributed by atoms with Crippen LogP contribution in [0.3, 0.4) is 0 Å². The number of nitrogens with zero attached hydrogens (tertiary/aromatic N) is 3. The quantitative estimate of drug-likeness (QED) is 0.567. The summed E-state index contributed by atoms with van der Waals surface area (Å²) in [5.41, 5.74) is 0.629. The number of carbonyl (C=O) groups excluding carboxylic acids is 3. The monoisotopic (exact) mass is 445 g/mol. The third-order valence-electron chi connectivity index (χ3n) is 4.09. The van der Waals surface area contributed by atoms with Crippen molar-refractivity contribution in [3.05, 3.63) is 42.2 Å². The standard InChI is InChI=1S/C20H19N3O5S2/c1-20(2,3)28-18(25)23-14-7-5-4-6-13(14)21-17(23)30-16-9-8-12(27-16)10-22-15(24)11-29-19(22)26/h4-9H,10-11H2,1-3H3. The maximum atomic E-state index is 12.8. The van der Waals surface area contributed by atoms with Crippen molar-refractivity contribution in [2.24, 2.45) is 0 Å². The highest BCUT2D eigenvalue weighted by molar-refractivity contribution is 8.14. The summed E-state index contributed by atoms with van der Waals surface area (Å²) < 4.78 is 12.7. The lowest BCUT2D eigenvalue weighted by atomic mass is 10.2. The first-order valence-corrected chi connectivity index (χ1v) is 11.0. The number of benzene rings is 1. The molecule has 30 heavy (non-hydrogen) atoms. The van der Waals surface area contributed by atoms with Crippen molar-refractivity contribution in [2.45, 2.75) is 43.2 Å². The number of aromatic nitrogens is 2. The van der Waals surface area contributed by atoms with Crippen LogP contribution in [0.15, 0.2) is 51.1 Å². The molecule has 0 spiro atoms. The molecule has 0 bridgehead atoms. The fourth-order valence-corrected chi connectivity index (χ4v) is 4.43. The van der Waals surface area contributed by atoms with Gasteiger partial charge in [-0.3, -0.25) is 14.5 Å². The Morgan fingerprint density at radius 2 is 2.00 bits per heavy atom. The zero-order chi connectivity index (χ0) is 21.5. The molecule has 156 valence electrons. The molecule has 1 fully saturated rings. The van der Waals surface area contributed by atoms with Gasteiger partial charge >= 0.3 is 6.09 Å². The van der Waals surface area contributed by atoms with E-state index >= 15 is 0 Å². The van der Waals surface area contributed by atoms with Gasteiger partial charge in [-0.25, -0.2) is 14.3 Å². The van der Waals surface area contributed by atoms with E-state index in [4.69, 9.17) is 9.15 Å². The molecule has 0 N–H and O–H groups in total. The van der Waals surface area contributed by atoms with E-state index in [1.54, 1.807) is 39.0 Å². The number of amides is 2. The van der Waals surface area contributed by atoms with Crippen LogP contribution in [0.5, 0.6) is 0 Å². The number of carbonyl (C=O) groups is 3. The Hall–Kier alpha value is -2.72. The molecule has 1 aromatic carbocycles. The Morgan fingerprint density at radius 1 is 1.23 bits per heavy atom. The van der Waals surface area contributed by atoms with Gasteiger partial charge in [0.1, 0.15) is 11.4 Å². The summed E-state index contributed by atoms with van der Waals surface area (Å²) in [4.78, 5) is 42.1. The molecule has 1 aliphatic rings. The van der Waals surface area contributed by atoms with E-state index in [-0.39, 0.29) is 23.4 Å². The van der Waals surface area contributed by atoms with Crippen LogP contribution < -0.4 is 0 Å². The lowest BCUT2D eigenvalue weighted by Crippen LogP contribution is -2.27. The van der Waals surface area contributed by atoms with E-state index in [2.05, 4.69) is 4.98 Å². The molecule has 2 amide bonds. The summed E-state index contributed by atoms with van der Waals surface area (Å²) in [6.45, 7) is 5.48. The van der Waals surface area contributed by atoms with Gasteiger partial charge in [0, 0.05) is 0 Å². The van der Waals surface area contributed by atoms with Crippen LogP contribution in [0, 0.1) is 0 Å². The summed E-state index contributed by atoms with van der Waals surface area (Å²) in [6, 6.07) is 10.7. The van der Waals surface area contributed by atoms with Crippen LogP contribution in [0.25, 0.3) is 11.0 Å². The SMILES string of the molecule is CC(C)(C)OC(=O)n1c(Sc2ccc(CN3C(=O)CSC3=O)o2)nc2ccccc21. The lowest BCUT2D eigenvalue weighted by molar-refractivity contribution is -0.125. The van der Waals surface area contributed by atoms with Crippen molar-refractivity contribution in [1.29, 1.82) is 0 Å². The third kappa shape index (κ3) is 4.24. The van der Waals surface area contributed by atoms with Crippen LogP contribution in [0.2, 0.25) is 0 Å². The number of fused-ring (bicyclic) bond motifs is 1. The van der Waals surface area contributed by atoms with Crippen LogP contribution in [0.1, 0.15) is 26.5 Å². The van der Waals surface area contributed by atoms with Gasteiger partial charge in [0.25, 0.3) is 5.24 Å². The molecule has 2 aromatic heterocycles. The largest absolute Gasteiger partial charge is 0.453 e. The van der Waals surface area contributed by atoms with E-state index in [0.717, 1.165) is 16.7 Å². The van der Waals surface area contributed by atoms with Gasteiger partial charge in [0.05, 0.1) is 23.3 Å². The Bertz CT molecular complexity index is 1130. The highest BCUT2D eigenvalue weighted by atomic mass is 32.2.